The molecule has 0 atom stereocenters. The van der Waals surface area contributed by atoms with Gasteiger partial charge in [-0.05, 0) is 43.3 Å². The monoisotopic (exact) mass is 310 g/mol. The van der Waals surface area contributed by atoms with Gasteiger partial charge in [0.2, 0.25) is 0 Å². The van der Waals surface area contributed by atoms with E-state index in [-0.39, 0.29) is 5.91 Å². The van der Waals surface area contributed by atoms with Gasteiger partial charge in [0.15, 0.2) is 0 Å². The van der Waals surface area contributed by atoms with E-state index < -0.39 is 0 Å². The summed E-state index contributed by atoms with van der Waals surface area (Å²) in [5.41, 5.74) is 4.32. The number of nitrogens with one attached hydrogen (secondary N) is 1. The normalized spacial score (nSPS) is 10.8. The van der Waals surface area contributed by atoms with Crippen LogP contribution in [0.2, 0.25) is 0 Å². The molecule has 0 aliphatic carbocycles. The van der Waals surface area contributed by atoms with Gasteiger partial charge < -0.3 is 5.32 Å². The molecule has 2 aromatic carbocycles. The molecule has 3 nitrogen and oxygen atoms in total. The van der Waals surface area contributed by atoms with Crippen molar-refractivity contribution in [3.63, 3.8) is 0 Å². The second-order valence-corrected chi connectivity index (χ2v) is 5.78. The van der Waals surface area contributed by atoms with Crippen molar-refractivity contribution in [3.8, 4) is 0 Å². The SMILES string of the molecule is CCN(CC)Cc1ccccc1CNC(=O)c1ccc(C)cc1. The summed E-state index contributed by atoms with van der Waals surface area (Å²) in [5, 5.41) is 3.03. The molecule has 0 unspecified atom stereocenters. The Balaban J connectivity index is 2.02. The van der Waals surface area contributed by atoms with E-state index in [1.165, 1.54) is 11.1 Å². The van der Waals surface area contributed by atoms with Crippen molar-refractivity contribution in [1.29, 1.82) is 0 Å². The number of rotatable bonds is 7. The van der Waals surface area contributed by atoms with E-state index in [1.54, 1.807) is 0 Å². The van der Waals surface area contributed by atoms with E-state index in [1.807, 2.05) is 37.3 Å². The standard InChI is InChI=1S/C20H26N2O/c1-4-22(5-2)15-19-9-7-6-8-18(19)14-21-20(23)17-12-10-16(3)11-13-17/h6-13H,4-5,14-15H2,1-3H3,(H,21,23). The van der Waals surface area contributed by atoms with Gasteiger partial charge in [0.1, 0.15) is 0 Å². The minimum atomic E-state index is -0.0253. The van der Waals surface area contributed by atoms with Crippen LogP contribution in [0.3, 0.4) is 0 Å². The highest BCUT2D eigenvalue weighted by Crippen LogP contribution is 2.12. The number of carbonyl (C=O) groups excluding carboxylic acids is 1. The van der Waals surface area contributed by atoms with Crippen LogP contribution in [-0.4, -0.2) is 23.9 Å². The summed E-state index contributed by atoms with van der Waals surface area (Å²) in [5.74, 6) is -0.0253. The first kappa shape index (κ1) is 17.2. The largest absolute Gasteiger partial charge is 0.348 e. The molecule has 23 heavy (non-hydrogen) atoms. The van der Waals surface area contributed by atoms with Crippen LogP contribution in [-0.2, 0) is 13.1 Å². The third kappa shape index (κ3) is 4.93. The summed E-state index contributed by atoms with van der Waals surface area (Å²) in [6.07, 6.45) is 0. The molecule has 0 radical (unpaired) electrons. The molecule has 0 aliphatic heterocycles. The third-order valence-electron chi connectivity index (χ3n) is 4.16. The highest BCUT2D eigenvalue weighted by molar-refractivity contribution is 5.94. The van der Waals surface area contributed by atoms with Gasteiger partial charge in [-0.3, -0.25) is 9.69 Å². The summed E-state index contributed by atoms with van der Waals surface area (Å²) >= 11 is 0. The lowest BCUT2D eigenvalue weighted by Crippen LogP contribution is -2.26. The summed E-state index contributed by atoms with van der Waals surface area (Å²) in [7, 11) is 0. The minimum absolute atomic E-state index is 0.0253. The Kier molecular flexibility index (Phi) is 6.36. The van der Waals surface area contributed by atoms with Crippen molar-refractivity contribution in [2.75, 3.05) is 13.1 Å². The first-order valence-corrected chi connectivity index (χ1v) is 8.28. The number of hydrogen-bond donors (Lipinski definition) is 1. The Morgan fingerprint density at radius 2 is 1.57 bits per heavy atom. The average molecular weight is 310 g/mol. The smallest absolute Gasteiger partial charge is 0.251 e. The fraction of sp³-hybridized carbons (Fsp3) is 0.350. The van der Waals surface area contributed by atoms with Crippen LogP contribution in [0.25, 0.3) is 0 Å². The van der Waals surface area contributed by atoms with Crippen molar-refractivity contribution >= 4 is 5.91 Å². The molecule has 0 spiro atoms. The van der Waals surface area contributed by atoms with Crippen LogP contribution < -0.4 is 5.32 Å². The molecule has 0 fully saturated rings. The van der Waals surface area contributed by atoms with Gasteiger partial charge in [-0.1, -0.05) is 55.8 Å². The lowest BCUT2D eigenvalue weighted by atomic mass is 10.1. The maximum Gasteiger partial charge on any atom is 0.251 e. The molecular weight excluding hydrogens is 284 g/mol. The Labute approximate surface area is 139 Å². The van der Waals surface area contributed by atoms with Crippen molar-refractivity contribution in [2.45, 2.75) is 33.9 Å². The van der Waals surface area contributed by atoms with E-state index in [9.17, 15) is 4.79 Å². The van der Waals surface area contributed by atoms with E-state index in [0.29, 0.717) is 12.1 Å². The molecule has 0 saturated heterocycles. The molecule has 0 heterocycles. The fourth-order valence-electron chi connectivity index (χ4n) is 2.55. The number of carbonyl (C=O) groups is 1. The Morgan fingerprint density at radius 1 is 0.957 bits per heavy atom. The predicted molar refractivity (Wildman–Crippen MR) is 95.4 cm³/mol. The van der Waals surface area contributed by atoms with Crippen LogP contribution in [0.4, 0.5) is 0 Å². The molecule has 0 bridgehead atoms. The van der Waals surface area contributed by atoms with Crippen molar-refractivity contribution in [2.24, 2.45) is 0 Å². The summed E-state index contributed by atoms with van der Waals surface area (Å²) in [4.78, 5) is 14.6. The predicted octanol–water partition coefficient (Wildman–Crippen LogP) is 3.77. The van der Waals surface area contributed by atoms with E-state index in [0.717, 1.165) is 25.2 Å². The number of nitrogens with zero attached hydrogens (tertiary/aromatic N) is 1. The topological polar surface area (TPSA) is 32.3 Å². The van der Waals surface area contributed by atoms with Crippen molar-refractivity contribution in [1.82, 2.24) is 10.2 Å². The Bertz CT molecular complexity index is 630. The van der Waals surface area contributed by atoms with Gasteiger partial charge in [-0.25, -0.2) is 0 Å². The average Bonchev–Trinajstić information content (AvgIpc) is 2.59. The first-order chi connectivity index (χ1) is 11.1. The molecule has 2 aromatic rings. The first-order valence-electron chi connectivity index (χ1n) is 8.28. The summed E-state index contributed by atoms with van der Waals surface area (Å²) < 4.78 is 0. The second kappa shape index (κ2) is 8.49. The maximum absolute atomic E-state index is 12.3. The van der Waals surface area contributed by atoms with E-state index >= 15 is 0 Å². The van der Waals surface area contributed by atoms with E-state index in [4.69, 9.17) is 0 Å². The molecule has 1 amide bonds. The van der Waals surface area contributed by atoms with Gasteiger partial charge in [-0.15, -0.1) is 0 Å². The number of hydrogen-bond acceptors (Lipinski definition) is 2. The fourth-order valence-corrected chi connectivity index (χ4v) is 2.55. The molecule has 3 heteroatoms. The number of aryl methyl sites for hydroxylation is 1. The summed E-state index contributed by atoms with van der Waals surface area (Å²) in [6.45, 7) is 9.90. The quantitative estimate of drug-likeness (QED) is 0.844. The molecule has 0 aromatic heterocycles. The summed E-state index contributed by atoms with van der Waals surface area (Å²) in [6, 6.07) is 16.0. The zero-order valence-electron chi connectivity index (χ0n) is 14.3. The van der Waals surface area contributed by atoms with Gasteiger partial charge in [0.05, 0.1) is 0 Å². The molecule has 0 aliphatic rings. The van der Waals surface area contributed by atoms with Gasteiger partial charge in [0, 0.05) is 18.7 Å². The van der Waals surface area contributed by atoms with Gasteiger partial charge in [0.25, 0.3) is 5.91 Å². The Morgan fingerprint density at radius 3 is 2.17 bits per heavy atom. The minimum Gasteiger partial charge on any atom is -0.348 e. The highest BCUT2D eigenvalue weighted by atomic mass is 16.1. The van der Waals surface area contributed by atoms with E-state index in [2.05, 4.69) is 42.3 Å². The lowest BCUT2D eigenvalue weighted by Gasteiger charge is -2.20. The lowest BCUT2D eigenvalue weighted by molar-refractivity contribution is 0.0950. The molecule has 1 N–H and O–H groups in total. The van der Waals surface area contributed by atoms with Crippen molar-refractivity contribution < 1.29 is 4.79 Å². The van der Waals surface area contributed by atoms with Crippen molar-refractivity contribution in [3.05, 3.63) is 70.8 Å². The number of amides is 1. The van der Waals surface area contributed by atoms with Crippen LogP contribution in [0.1, 0.15) is 40.9 Å². The zero-order valence-corrected chi connectivity index (χ0v) is 14.3. The highest BCUT2D eigenvalue weighted by Gasteiger charge is 2.09. The maximum atomic E-state index is 12.3. The van der Waals surface area contributed by atoms with Gasteiger partial charge in [-0.2, -0.15) is 0 Å². The van der Waals surface area contributed by atoms with Crippen LogP contribution in [0, 0.1) is 6.92 Å². The number of benzene rings is 2. The second-order valence-electron chi connectivity index (χ2n) is 5.78. The molecule has 122 valence electrons. The van der Waals surface area contributed by atoms with Gasteiger partial charge >= 0.3 is 0 Å². The van der Waals surface area contributed by atoms with Crippen LogP contribution in [0.5, 0.6) is 0 Å². The molecule has 2 rings (SSSR count). The third-order valence-corrected chi connectivity index (χ3v) is 4.16. The molecule has 0 saturated carbocycles. The molecular formula is C20H26N2O. The van der Waals surface area contributed by atoms with Crippen LogP contribution in [0.15, 0.2) is 48.5 Å². The zero-order chi connectivity index (χ0) is 16.7. The Hall–Kier alpha value is -2.13. The van der Waals surface area contributed by atoms with Crippen LogP contribution >= 0.6 is 0 Å².